The van der Waals surface area contributed by atoms with Crippen LogP contribution in [0, 0.1) is 18.8 Å². The van der Waals surface area contributed by atoms with Gasteiger partial charge in [0.25, 0.3) is 0 Å². The predicted octanol–water partition coefficient (Wildman–Crippen LogP) is 3.69. The lowest BCUT2D eigenvalue weighted by Crippen LogP contribution is -2.29. The van der Waals surface area contributed by atoms with Crippen molar-refractivity contribution in [2.45, 2.75) is 65.9 Å². The molecule has 0 bridgehead atoms. The van der Waals surface area contributed by atoms with Gasteiger partial charge in [-0.05, 0) is 38.0 Å². The number of ether oxygens (including phenoxy) is 1. The second kappa shape index (κ2) is 5.98. The van der Waals surface area contributed by atoms with Gasteiger partial charge in [0.05, 0.1) is 5.56 Å². The van der Waals surface area contributed by atoms with Crippen molar-refractivity contribution < 1.29 is 4.74 Å². The first-order chi connectivity index (χ1) is 9.38. The Kier molecular flexibility index (Phi) is 4.51. The Bertz CT molecular complexity index is 473. The van der Waals surface area contributed by atoms with Gasteiger partial charge in [0, 0.05) is 5.92 Å². The molecule has 0 radical (unpaired) electrons. The SMILES string of the molecule is Cc1c(N)nc(C(C)C)nc1OC1CCC(C)C(C)C1. The molecule has 2 rings (SSSR count). The fourth-order valence-electron chi connectivity index (χ4n) is 2.67. The van der Waals surface area contributed by atoms with Gasteiger partial charge in [-0.3, -0.25) is 0 Å². The minimum atomic E-state index is 0.255. The van der Waals surface area contributed by atoms with Crippen molar-refractivity contribution in [3.63, 3.8) is 0 Å². The molecule has 4 heteroatoms. The zero-order valence-corrected chi connectivity index (χ0v) is 13.3. The van der Waals surface area contributed by atoms with Gasteiger partial charge in [-0.2, -0.15) is 4.98 Å². The van der Waals surface area contributed by atoms with Gasteiger partial charge >= 0.3 is 0 Å². The molecule has 3 atom stereocenters. The van der Waals surface area contributed by atoms with Crippen molar-refractivity contribution in [2.75, 3.05) is 5.73 Å². The van der Waals surface area contributed by atoms with Crippen LogP contribution >= 0.6 is 0 Å². The standard InChI is InChI=1S/C16H27N3O/c1-9(2)15-18-14(17)12(5)16(19-15)20-13-7-6-10(3)11(4)8-13/h9-11,13H,6-8H2,1-5H3,(H2,17,18,19). The molecule has 0 spiro atoms. The Morgan fingerprint density at radius 1 is 1.15 bits per heavy atom. The summed E-state index contributed by atoms with van der Waals surface area (Å²) in [6.45, 7) is 10.7. The quantitative estimate of drug-likeness (QED) is 0.915. The van der Waals surface area contributed by atoms with E-state index in [1.54, 1.807) is 0 Å². The lowest BCUT2D eigenvalue weighted by Gasteiger charge is -2.32. The Morgan fingerprint density at radius 3 is 2.45 bits per heavy atom. The minimum absolute atomic E-state index is 0.255. The van der Waals surface area contributed by atoms with Crippen LogP contribution in [-0.4, -0.2) is 16.1 Å². The number of rotatable bonds is 3. The van der Waals surface area contributed by atoms with Gasteiger partial charge in [0.15, 0.2) is 0 Å². The van der Waals surface area contributed by atoms with Gasteiger partial charge in [0.1, 0.15) is 17.7 Å². The van der Waals surface area contributed by atoms with E-state index < -0.39 is 0 Å². The second-order valence-electron chi connectivity index (χ2n) is 6.56. The van der Waals surface area contributed by atoms with Crippen LogP contribution < -0.4 is 10.5 Å². The number of hydrogen-bond acceptors (Lipinski definition) is 4. The third kappa shape index (κ3) is 3.22. The van der Waals surface area contributed by atoms with Gasteiger partial charge < -0.3 is 10.5 Å². The zero-order valence-electron chi connectivity index (χ0n) is 13.3. The minimum Gasteiger partial charge on any atom is -0.474 e. The molecule has 1 saturated carbocycles. The molecule has 4 nitrogen and oxygen atoms in total. The van der Waals surface area contributed by atoms with Crippen LogP contribution in [0.2, 0.25) is 0 Å². The Morgan fingerprint density at radius 2 is 1.85 bits per heavy atom. The summed E-state index contributed by atoms with van der Waals surface area (Å²) >= 11 is 0. The van der Waals surface area contributed by atoms with Crippen molar-refractivity contribution in [3.05, 3.63) is 11.4 Å². The third-order valence-corrected chi connectivity index (χ3v) is 4.50. The highest BCUT2D eigenvalue weighted by atomic mass is 16.5. The van der Waals surface area contributed by atoms with Crippen LogP contribution in [0.15, 0.2) is 0 Å². The molecule has 112 valence electrons. The van der Waals surface area contributed by atoms with E-state index in [0.717, 1.165) is 30.1 Å². The van der Waals surface area contributed by atoms with E-state index >= 15 is 0 Å². The first-order valence-electron chi connectivity index (χ1n) is 7.69. The van der Waals surface area contributed by atoms with E-state index in [1.165, 1.54) is 6.42 Å². The maximum Gasteiger partial charge on any atom is 0.222 e. The van der Waals surface area contributed by atoms with Crippen molar-refractivity contribution in [2.24, 2.45) is 11.8 Å². The zero-order chi connectivity index (χ0) is 14.9. The number of anilines is 1. The topological polar surface area (TPSA) is 61.0 Å². The van der Waals surface area contributed by atoms with Crippen molar-refractivity contribution in [1.82, 2.24) is 9.97 Å². The molecule has 0 aliphatic heterocycles. The summed E-state index contributed by atoms with van der Waals surface area (Å²) in [5, 5.41) is 0. The number of nitrogens with two attached hydrogens (primary N) is 1. The molecule has 1 aromatic rings. The van der Waals surface area contributed by atoms with E-state index in [2.05, 4.69) is 37.7 Å². The third-order valence-electron chi connectivity index (χ3n) is 4.50. The first-order valence-corrected chi connectivity index (χ1v) is 7.69. The normalized spacial score (nSPS) is 26.8. The van der Waals surface area contributed by atoms with E-state index in [1.807, 2.05) is 6.92 Å². The first kappa shape index (κ1) is 15.1. The molecule has 20 heavy (non-hydrogen) atoms. The second-order valence-corrected chi connectivity index (χ2v) is 6.56. The van der Waals surface area contributed by atoms with E-state index in [4.69, 9.17) is 10.5 Å². The number of nitrogen functional groups attached to an aromatic ring is 1. The summed E-state index contributed by atoms with van der Waals surface area (Å²) in [4.78, 5) is 8.90. The van der Waals surface area contributed by atoms with Gasteiger partial charge in [-0.1, -0.05) is 27.7 Å². The Labute approximate surface area is 122 Å². The Hall–Kier alpha value is -1.32. The Balaban J connectivity index is 2.16. The maximum absolute atomic E-state index is 6.15. The predicted molar refractivity (Wildman–Crippen MR) is 81.9 cm³/mol. The molecule has 3 unspecified atom stereocenters. The van der Waals surface area contributed by atoms with Gasteiger partial charge in [-0.25, -0.2) is 4.98 Å². The molecule has 0 saturated heterocycles. The molecule has 0 amide bonds. The molecule has 1 aliphatic rings. The molecule has 0 aromatic carbocycles. The van der Waals surface area contributed by atoms with E-state index in [0.29, 0.717) is 17.6 Å². The lowest BCUT2D eigenvalue weighted by molar-refractivity contribution is 0.0954. The summed E-state index contributed by atoms with van der Waals surface area (Å²) in [6.07, 6.45) is 3.68. The number of aromatic nitrogens is 2. The number of nitrogens with zero attached hydrogens (tertiary/aromatic N) is 2. The van der Waals surface area contributed by atoms with Crippen molar-refractivity contribution in [1.29, 1.82) is 0 Å². The summed E-state index contributed by atoms with van der Waals surface area (Å²) in [5.74, 6) is 3.73. The van der Waals surface area contributed by atoms with Crippen LogP contribution in [0.4, 0.5) is 5.82 Å². The largest absolute Gasteiger partial charge is 0.474 e. The molecule has 1 aliphatic carbocycles. The summed E-state index contributed by atoms with van der Waals surface area (Å²) in [5.41, 5.74) is 6.84. The summed E-state index contributed by atoms with van der Waals surface area (Å²) in [6, 6.07) is 0. The fraction of sp³-hybridized carbons (Fsp3) is 0.750. The van der Waals surface area contributed by atoms with E-state index in [-0.39, 0.29) is 12.0 Å². The van der Waals surface area contributed by atoms with Crippen molar-refractivity contribution in [3.8, 4) is 5.88 Å². The molecular weight excluding hydrogens is 250 g/mol. The lowest BCUT2D eigenvalue weighted by atomic mass is 9.80. The molecule has 1 heterocycles. The summed E-state index contributed by atoms with van der Waals surface area (Å²) < 4.78 is 6.15. The van der Waals surface area contributed by atoms with Crippen LogP contribution in [-0.2, 0) is 0 Å². The van der Waals surface area contributed by atoms with Gasteiger partial charge in [0.2, 0.25) is 5.88 Å². The van der Waals surface area contributed by atoms with Crippen LogP contribution in [0.5, 0.6) is 5.88 Å². The highest BCUT2D eigenvalue weighted by molar-refractivity contribution is 5.44. The fourth-order valence-corrected chi connectivity index (χ4v) is 2.67. The molecule has 1 fully saturated rings. The number of hydrogen-bond donors (Lipinski definition) is 1. The molecule has 1 aromatic heterocycles. The van der Waals surface area contributed by atoms with Crippen LogP contribution in [0.3, 0.4) is 0 Å². The van der Waals surface area contributed by atoms with Crippen LogP contribution in [0.25, 0.3) is 0 Å². The summed E-state index contributed by atoms with van der Waals surface area (Å²) in [7, 11) is 0. The molecule has 2 N–H and O–H groups in total. The highest BCUT2D eigenvalue weighted by Crippen LogP contribution is 2.33. The maximum atomic E-state index is 6.15. The van der Waals surface area contributed by atoms with Gasteiger partial charge in [-0.15, -0.1) is 0 Å². The van der Waals surface area contributed by atoms with E-state index in [9.17, 15) is 0 Å². The average molecular weight is 277 g/mol. The molecular formula is C16H27N3O. The van der Waals surface area contributed by atoms with Crippen LogP contribution in [0.1, 0.15) is 64.3 Å². The van der Waals surface area contributed by atoms with Crippen molar-refractivity contribution >= 4 is 5.82 Å². The highest BCUT2D eigenvalue weighted by Gasteiger charge is 2.27. The monoisotopic (exact) mass is 277 g/mol. The smallest absolute Gasteiger partial charge is 0.222 e. The average Bonchev–Trinajstić information content (AvgIpc) is 2.38.